The Balaban J connectivity index is 1.49. The first kappa shape index (κ1) is 25.4. The number of carbonyl (C=O) groups excluding carboxylic acids is 3. The van der Waals surface area contributed by atoms with Crippen LogP contribution in [-0.4, -0.2) is 30.5 Å². The van der Waals surface area contributed by atoms with Crippen molar-refractivity contribution in [2.24, 2.45) is 5.10 Å². The Bertz CT molecular complexity index is 1280. The second-order valence-corrected chi connectivity index (χ2v) is 7.91. The minimum Gasteiger partial charge on any atom is -0.482 e. The van der Waals surface area contributed by atoms with E-state index in [4.69, 9.17) is 16.3 Å². The highest BCUT2D eigenvalue weighted by molar-refractivity contribution is 6.39. The molecule has 0 radical (unpaired) electrons. The molecule has 0 aliphatic heterocycles. The van der Waals surface area contributed by atoms with Crippen LogP contribution in [0.15, 0.2) is 65.8 Å². The van der Waals surface area contributed by atoms with Gasteiger partial charge < -0.3 is 15.4 Å². The fourth-order valence-electron chi connectivity index (χ4n) is 2.94. The molecule has 3 aromatic carbocycles. The summed E-state index contributed by atoms with van der Waals surface area (Å²) >= 11 is 6.21. The van der Waals surface area contributed by atoms with Crippen LogP contribution in [0.3, 0.4) is 0 Å². The average Bonchev–Trinajstić information content (AvgIpc) is 2.81. The van der Waals surface area contributed by atoms with Crippen LogP contribution in [0.2, 0.25) is 5.02 Å². The summed E-state index contributed by atoms with van der Waals surface area (Å²) in [7, 11) is 0. The number of hydrazone groups is 1. The zero-order valence-corrected chi connectivity index (χ0v) is 19.7. The lowest BCUT2D eigenvalue weighted by Crippen LogP contribution is -2.32. The van der Waals surface area contributed by atoms with Crippen molar-refractivity contribution in [3.05, 3.63) is 88.2 Å². The van der Waals surface area contributed by atoms with Gasteiger partial charge in [0.15, 0.2) is 6.61 Å². The van der Waals surface area contributed by atoms with E-state index >= 15 is 0 Å². The molecule has 0 aromatic heterocycles. The van der Waals surface area contributed by atoms with Crippen molar-refractivity contribution >= 4 is 46.9 Å². The summed E-state index contributed by atoms with van der Waals surface area (Å²) < 4.78 is 18.4. The van der Waals surface area contributed by atoms with Gasteiger partial charge in [-0.15, -0.1) is 0 Å². The molecule has 180 valence electrons. The predicted molar refractivity (Wildman–Crippen MR) is 132 cm³/mol. The summed E-state index contributed by atoms with van der Waals surface area (Å²) in [6.45, 7) is 3.64. The van der Waals surface area contributed by atoms with E-state index < -0.39 is 17.6 Å². The van der Waals surface area contributed by atoms with Crippen LogP contribution >= 0.6 is 11.6 Å². The maximum Gasteiger partial charge on any atom is 0.329 e. The second kappa shape index (κ2) is 11.8. The SMILES string of the molecule is Cc1ccc(NC(=O)COc2ccc(/C=N\NC(=O)C(=O)Nc3ccc(F)cc3)cc2Cl)c(C)c1. The quantitative estimate of drug-likeness (QED) is 0.259. The van der Waals surface area contributed by atoms with Crippen molar-refractivity contribution in [2.75, 3.05) is 17.2 Å². The minimum atomic E-state index is -1.01. The van der Waals surface area contributed by atoms with Crippen molar-refractivity contribution in [2.45, 2.75) is 13.8 Å². The third-order valence-electron chi connectivity index (χ3n) is 4.66. The number of amides is 3. The third kappa shape index (κ3) is 7.65. The highest BCUT2D eigenvalue weighted by Crippen LogP contribution is 2.25. The fourth-order valence-corrected chi connectivity index (χ4v) is 3.18. The lowest BCUT2D eigenvalue weighted by Gasteiger charge is -2.11. The van der Waals surface area contributed by atoms with Crippen LogP contribution in [0.25, 0.3) is 0 Å². The van der Waals surface area contributed by atoms with Gasteiger partial charge >= 0.3 is 11.8 Å². The molecule has 0 fully saturated rings. The van der Waals surface area contributed by atoms with Gasteiger partial charge in [-0.1, -0.05) is 29.3 Å². The average molecular weight is 497 g/mol. The molecule has 0 spiro atoms. The maximum atomic E-state index is 12.9. The molecule has 0 heterocycles. The van der Waals surface area contributed by atoms with Gasteiger partial charge in [0.2, 0.25) is 0 Å². The molecule has 35 heavy (non-hydrogen) atoms. The van der Waals surface area contributed by atoms with Gasteiger partial charge in [0.1, 0.15) is 11.6 Å². The molecule has 3 N–H and O–H groups in total. The number of aryl methyl sites for hydroxylation is 2. The molecule has 10 heteroatoms. The van der Waals surface area contributed by atoms with Crippen LogP contribution < -0.4 is 20.8 Å². The molecule has 0 unspecified atom stereocenters. The summed E-state index contributed by atoms with van der Waals surface area (Å²) in [6.07, 6.45) is 1.28. The van der Waals surface area contributed by atoms with Crippen LogP contribution in [-0.2, 0) is 14.4 Å². The van der Waals surface area contributed by atoms with Gasteiger partial charge in [-0.3, -0.25) is 14.4 Å². The summed E-state index contributed by atoms with van der Waals surface area (Å²) in [5.41, 5.74) is 5.61. The molecule has 8 nitrogen and oxygen atoms in total. The molecule has 0 saturated carbocycles. The molecule has 3 rings (SSSR count). The fraction of sp³-hybridized carbons (Fsp3) is 0.120. The van der Waals surface area contributed by atoms with E-state index in [1.807, 2.05) is 32.0 Å². The van der Waals surface area contributed by atoms with E-state index in [2.05, 4.69) is 21.2 Å². The first-order valence-corrected chi connectivity index (χ1v) is 10.8. The van der Waals surface area contributed by atoms with Crippen molar-refractivity contribution in [3.8, 4) is 5.75 Å². The van der Waals surface area contributed by atoms with Gasteiger partial charge in [0.05, 0.1) is 11.2 Å². The van der Waals surface area contributed by atoms with Gasteiger partial charge in [-0.2, -0.15) is 5.10 Å². The first-order chi connectivity index (χ1) is 16.7. The van der Waals surface area contributed by atoms with Crippen molar-refractivity contribution in [1.82, 2.24) is 5.43 Å². The van der Waals surface area contributed by atoms with Crippen molar-refractivity contribution in [3.63, 3.8) is 0 Å². The normalized spacial score (nSPS) is 10.6. The molecule has 0 aliphatic rings. The second-order valence-electron chi connectivity index (χ2n) is 7.51. The molecular formula is C25H22ClFN4O4. The number of rotatable bonds is 7. The number of benzene rings is 3. The standard InChI is InChI=1S/C25H22ClFN4O4/c1-15-3-9-21(16(2)11-15)30-23(32)14-35-22-10-4-17(12-20(22)26)13-28-31-25(34)24(33)29-19-7-5-18(27)6-8-19/h3-13H,14H2,1-2H3,(H,29,33)(H,30,32)(H,31,34)/b28-13-. The number of anilines is 2. The number of nitrogens with zero attached hydrogens (tertiary/aromatic N) is 1. The molecule has 0 atom stereocenters. The van der Waals surface area contributed by atoms with E-state index in [0.717, 1.165) is 23.3 Å². The number of carbonyl (C=O) groups is 3. The smallest absolute Gasteiger partial charge is 0.329 e. The van der Waals surface area contributed by atoms with Crippen LogP contribution in [0.4, 0.5) is 15.8 Å². The lowest BCUT2D eigenvalue weighted by molar-refractivity contribution is -0.136. The number of hydrogen-bond donors (Lipinski definition) is 3. The summed E-state index contributed by atoms with van der Waals surface area (Å²) in [4.78, 5) is 35.9. The van der Waals surface area contributed by atoms with E-state index in [9.17, 15) is 18.8 Å². The van der Waals surface area contributed by atoms with E-state index in [1.54, 1.807) is 12.1 Å². The predicted octanol–water partition coefficient (Wildman–Crippen LogP) is 4.20. The van der Waals surface area contributed by atoms with Gasteiger partial charge in [0, 0.05) is 11.4 Å². The Morgan fingerprint density at radius 1 is 0.971 bits per heavy atom. The summed E-state index contributed by atoms with van der Waals surface area (Å²) in [6, 6.07) is 15.3. The highest BCUT2D eigenvalue weighted by atomic mass is 35.5. The third-order valence-corrected chi connectivity index (χ3v) is 4.95. The Morgan fingerprint density at radius 3 is 2.40 bits per heavy atom. The van der Waals surface area contributed by atoms with Crippen molar-refractivity contribution < 1.29 is 23.5 Å². The zero-order chi connectivity index (χ0) is 25.4. The number of nitrogens with one attached hydrogen (secondary N) is 3. The number of halogens is 2. The molecule has 3 aromatic rings. The monoisotopic (exact) mass is 496 g/mol. The molecule has 0 bridgehead atoms. The van der Waals surface area contributed by atoms with Crippen LogP contribution in [0.1, 0.15) is 16.7 Å². The lowest BCUT2D eigenvalue weighted by atomic mass is 10.1. The topological polar surface area (TPSA) is 109 Å². The van der Waals surface area contributed by atoms with Crippen molar-refractivity contribution in [1.29, 1.82) is 0 Å². The largest absolute Gasteiger partial charge is 0.482 e. The molecular weight excluding hydrogens is 475 g/mol. The molecule has 0 aliphatic carbocycles. The van der Waals surface area contributed by atoms with Gasteiger partial charge in [-0.25, -0.2) is 9.82 Å². The maximum absolute atomic E-state index is 12.9. The summed E-state index contributed by atoms with van der Waals surface area (Å²) in [5, 5.41) is 9.05. The van der Waals surface area contributed by atoms with Gasteiger partial charge in [0.25, 0.3) is 5.91 Å². The van der Waals surface area contributed by atoms with E-state index in [0.29, 0.717) is 17.0 Å². The van der Waals surface area contributed by atoms with Crippen LogP contribution in [0.5, 0.6) is 5.75 Å². The number of hydrogen-bond acceptors (Lipinski definition) is 5. The van der Waals surface area contributed by atoms with Gasteiger partial charge in [-0.05, 0) is 73.5 Å². The minimum absolute atomic E-state index is 0.230. The molecule has 0 saturated heterocycles. The van der Waals surface area contributed by atoms with E-state index in [-0.39, 0.29) is 23.2 Å². The first-order valence-electron chi connectivity index (χ1n) is 10.4. The Kier molecular flexibility index (Phi) is 8.53. The van der Waals surface area contributed by atoms with E-state index in [1.165, 1.54) is 24.4 Å². The Labute approximate surface area is 206 Å². The highest BCUT2D eigenvalue weighted by Gasteiger charge is 2.13. The number of ether oxygens (including phenoxy) is 1. The molecule has 3 amide bonds. The Hall–Kier alpha value is -4.24. The zero-order valence-electron chi connectivity index (χ0n) is 18.9. The van der Waals surface area contributed by atoms with Crippen LogP contribution in [0, 0.1) is 19.7 Å². The summed E-state index contributed by atoms with van der Waals surface area (Å²) in [5.74, 6) is -2.48. The Morgan fingerprint density at radius 2 is 1.71 bits per heavy atom.